The van der Waals surface area contributed by atoms with Gasteiger partial charge in [-0.3, -0.25) is 0 Å². The van der Waals surface area contributed by atoms with Crippen LogP contribution in [-0.2, 0) is 0 Å². The van der Waals surface area contributed by atoms with Gasteiger partial charge in [-0.15, -0.1) is 11.6 Å². The molecule has 0 unspecified atom stereocenters. The van der Waals surface area contributed by atoms with E-state index in [1.165, 1.54) is 25.7 Å². The lowest BCUT2D eigenvalue weighted by molar-refractivity contribution is 0.231. The van der Waals surface area contributed by atoms with E-state index in [1.54, 1.807) is 0 Å². The van der Waals surface area contributed by atoms with E-state index in [4.69, 9.17) is 11.6 Å². The van der Waals surface area contributed by atoms with Crippen molar-refractivity contribution in [3.8, 4) is 0 Å². The smallest absolute Gasteiger partial charge is 0.315 e. The van der Waals surface area contributed by atoms with Crippen LogP contribution in [0, 0.1) is 11.8 Å². The normalized spacial score (nSPS) is 34.5. The summed E-state index contributed by atoms with van der Waals surface area (Å²) in [5, 5.41) is 5.77. The molecule has 14 heavy (non-hydrogen) atoms. The Morgan fingerprint density at radius 2 is 2.21 bits per heavy atom. The molecule has 2 aliphatic carbocycles. The molecule has 0 aromatic carbocycles. The van der Waals surface area contributed by atoms with Gasteiger partial charge in [0.1, 0.15) is 0 Å². The largest absolute Gasteiger partial charge is 0.337 e. The minimum atomic E-state index is -0.0526. The minimum absolute atomic E-state index is 0.0526. The van der Waals surface area contributed by atoms with Crippen LogP contribution in [0.2, 0.25) is 0 Å². The van der Waals surface area contributed by atoms with Gasteiger partial charge in [0, 0.05) is 18.5 Å². The molecular weight excluding hydrogens is 200 g/mol. The summed E-state index contributed by atoms with van der Waals surface area (Å²) in [7, 11) is 0. The third-order valence-electron chi connectivity index (χ3n) is 3.43. The molecule has 2 N–H and O–H groups in total. The van der Waals surface area contributed by atoms with Gasteiger partial charge in [-0.05, 0) is 31.1 Å². The van der Waals surface area contributed by atoms with Crippen LogP contribution in [0.1, 0.15) is 25.7 Å². The van der Waals surface area contributed by atoms with Crippen molar-refractivity contribution in [2.45, 2.75) is 31.7 Å². The lowest BCUT2D eigenvalue weighted by Crippen LogP contribution is -2.44. The van der Waals surface area contributed by atoms with Gasteiger partial charge < -0.3 is 10.6 Å². The van der Waals surface area contributed by atoms with E-state index in [-0.39, 0.29) is 6.03 Å². The second kappa shape index (κ2) is 4.39. The number of urea groups is 1. The molecule has 0 radical (unpaired) electrons. The van der Waals surface area contributed by atoms with Crippen molar-refractivity contribution in [1.29, 1.82) is 0 Å². The molecule has 3 nitrogen and oxygen atoms in total. The number of hydrogen-bond donors (Lipinski definition) is 2. The number of amides is 2. The van der Waals surface area contributed by atoms with Crippen molar-refractivity contribution in [3.63, 3.8) is 0 Å². The molecule has 0 spiro atoms. The summed E-state index contributed by atoms with van der Waals surface area (Å²) in [5.74, 6) is 2.09. The Morgan fingerprint density at radius 3 is 2.79 bits per heavy atom. The molecular formula is C10H17ClN2O. The van der Waals surface area contributed by atoms with Crippen LogP contribution < -0.4 is 10.6 Å². The molecule has 2 aliphatic rings. The molecule has 0 aliphatic heterocycles. The maximum Gasteiger partial charge on any atom is 0.315 e. The molecule has 4 heteroatoms. The highest BCUT2D eigenvalue weighted by molar-refractivity contribution is 6.18. The van der Waals surface area contributed by atoms with Crippen molar-refractivity contribution >= 4 is 17.6 Å². The van der Waals surface area contributed by atoms with Gasteiger partial charge in [-0.2, -0.15) is 0 Å². The predicted octanol–water partition coefficient (Wildman–Crippen LogP) is 1.71. The monoisotopic (exact) mass is 216 g/mol. The molecule has 2 rings (SSSR count). The van der Waals surface area contributed by atoms with E-state index in [9.17, 15) is 4.79 Å². The summed E-state index contributed by atoms with van der Waals surface area (Å²) < 4.78 is 0. The van der Waals surface area contributed by atoms with E-state index in [0.29, 0.717) is 18.5 Å². The first-order valence-corrected chi connectivity index (χ1v) is 5.93. The second-order valence-corrected chi connectivity index (χ2v) is 4.75. The average Bonchev–Trinajstić information content (AvgIpc) is 2.76. The molecule has 3 atom stereocenters. The van der Waals surface area contributed by atoms with E-state index >= 15 is 0 Å². The quantitative estimate of drug-likeness (QED) is 0.693. The Kier molecular flexibility index (Phi) is 3.16. The fourth-order valence-corrected chi connectivity index (χ4v) is 2.90. The fraction of sp³-hybridized carbons (Fsp3) is 0.900. The van der Waals surface area contributed by atoms with Crippen molar-refractivity contribution in [3.05, 3.63) is 0 Å². The zero-order valence-electron chi connectivity index (χ0n) is 8.26. The van der Waals surface area contributed by atoms with Gasteiger partial charge in [0.05, 0.1) is 0 Å². The van der Waals surface area contributed by atoms with Gasteiger partial charge in [0.25, 0.3) is 0 Å². The molecule has 0 aromatic heterocycles. The first-order valence-electron chi connectivity index (χ1n) is 5.40. The lowest BCUT2D eigenvalue weighted by atomic mass is 9.95. The summed E-state index contributed by atoms with van der Waals surface area (Å²) >= 11 is 5.48. The summed E-state index contributed by atoms with van der Waals surface area (Å²) in [6.45, 7) is 0.550. The first-order chi connectivity index (χ1) is 6.79. The molecule has 2 saturated carbocycles. The average molecular weight is 217 g/mol. The number of carbonyl (C=O) groups is 1. The van der Waals surface area contributed by atoms with Crippen molar-refractivity contribution in [1.82, 2.24) is 10.6 Å². The molecule has 2 amide bonds. The number of hydrogen-bond acceptors (Lipinski definition) is 1. The summed E-state index contributed by atoms with van der Waals surface area (Å²) in [4.78, 5) is 11.4. The van der Waals surface area contributed by atoms with Crippen molar-refractivity contribution in [2.24, 2.45) is 11.8 Å². The molecule has 0 heterocycles. The zero-order valence-corrected chi connectivity index (χ0v) is 9.02. The predicted molar refractivity (Wildman–Crippen MR) is 56.5 cm³/mol. The lowest BCUT2D eigenvalue weighted by Gasteiger charge is -2.22. The van der Waals surface area contributed by atoms with Gasteiger partial charge >= 0.3 is 6.03 Å². The number of nitrogens with one attached hydrogen (secondary N) is 2. The van der Waals surface area contributed by atoms with Gasteiger partial charge in [-0.25, -0.2) is 4.79 Å². The SMILES string of the molecule is O=C(NCCCl)N[C@H]1C[C@@H]2CC[C@H]1C2. The standard InChI is InChI=1S/C10H17ClN2O/c11-3-4-12-10(14)13-9-6-7-1-2-8(9)5-7/h7-9H,1-6H2,(H2,12,13,14)/t7-,8+,9+/m1/s1. The summed E-state index contributed by atoms with van der Waals surface area (Å²) in [5.41, 5.74) is 0. The minimum Gasteiger partial charge on any atom is -0.337 e. The summed E-state index contributed by atoms with van der Waals surface area (Å²) in [6.07, 6.45) is 5.16. The number of fused-ring (bicyclic) bond motifs is 2. The zero-order chi connectivity index (χ0) is 9.97. The highest BCUT2D eigenvalue weighted by Gasteiger charge is 2.39. The number of rotatable bonds is 3. The van der Waals surface area contributed by atoms with Gasteiger partial charge in [-0.1, -0.05) is 6.42 Å². The Bertz CT molecular complexity index is 222. The summed E-state index contributed by atoms with van der Waals surface area (Å²) in [6, 6.07) is 0.368. The topological polar surface area (TPSA) is 41.1 Å². The van der Waals surface area contributed by atoms with Crippen molar-refractivity contribution in [2.75, 3.05) is 12.4 Å². The van der Waals surface area contributed by atoms with Crippen LogP contribution in [0.15, 0.2) is 0 Å². The molecule has 2 fully saturated rings. The molecule has 80 valence electrons. The van der Waals surface area contributed by atoms with Crippen LogP contribution in [0.25, 0.3) is 0 Å². The van der Waals surface area contributed by atoms with Crippen molar-refractivity contribution < 1.29 is 4.79 Å². The second-order valence-electron chi connectivity index (χ2n) is 4.37. The highest BCUT2D eigenvalue weighted by atomic mass is 35.5. The Balaban J connectivity index is 1.73. The van der Waals surface area contributed by atoms with E-state index < -0.39 is 0 Å². The maximum atomic E-state index is 11.4. The van der Waals surface area contributed by atoms with E-state index in [2.05, 4.69) is 10.6 Å². The van der Waals surface area contributed by atoms with Crippen LogP contribution >= 0.6 is 11.6 Å². The maximum absolute atomic E-state index is 11.4. The van der Waals surface area contributed by atoms with E-state index in [1.807, 2.05) is 0 Å². The van der Waals surface area contributed by atoms with Crippen LogP contribution in [0.5, 0.6) is 0 Å². The highest BCUT2D eigenvalue weighted by Crippen LogP contribution is 2.44. The third kappa shape index (κ3) is 2.14. The van der Waals surface area contributed by atoms with Gasteiger partial charge in [0.2, 0.25) is 0 Å². The van der Waals surface area contributed by atoms with Gasteiger partial charge in [0.15, 0.2) is 0 Å². The Labute approximate surface area is 89.6 Å². The molecule has 2 bridgehead atoms. The molecule has 0 aromatic rings. The van der Waals surface area contributed by atoms with Crippen LogP contribution in [-0.4, -0.2) is 24.5 Å². The van der Waals surface area contributed by atoms with E-state index in [0.717, 1.165) is 11.8 Å². The number of carbonyl (C=O) groups excluding carboxylic acids is 1. The molecule has 0 saturated heterocycles. The number of halogens is 1. The Hall–Kier alpha value is -0.440. The Morgan fingerprint density at radius 1 is 1.36 bits per heavy atom. The van der Waals surface area contributed by atoms with Crippen LogP contribution in [0.4, 0.5) is 4.79 Å². The number of alkyl halides is 1. The first kappa shape index (κ1) is 10.1. The fourth-order valence-electron chi connectivity index (χ4n) is 2.80. The van der Waals surface area contributed by atoms with Crippen LogP contribution in [0.3, 0.4) is 0 Å². The third-order valence-corrected chi connectivity index (χ3v) is 3.62.